The minimum absolute atomic E-state index is 0.322. The Balaban J connectivity index is 2.72. The zero-order valence-electron chi connectivity index (χ0n) is 11.8. The molecule has 0 saturated heterocycles. The quantitative estimate of drug-likeness (QED) is 0.639. The topological polar surface area (TPSA) is 74.7 Å². The van der Waals surface area contributed by atoms with E-state index in [0.717, 1.165) is 22.1 Å². The Morgan fingerprint density at radius 2 is 1.70 bits per heavy atom. The van der Waals surface area contributed by atoms with E-state index in [1.54, 1.807) is 7.05 Å². The second-order valence-electron chi connectivity index (χ2n) is 4.90. The first-order valence-electron chi connectivity index (χ1n) is 6.39. The number of aromatic nitrogens is 5. The van der Waals surface area contributed by atoms with Crippen LogP contribution in [0.1, 0.15) is 12.5 Å². The standard InChI is InChI=1S/C13H15N5O2/c1-5-18-6-7(2)8-9-10(14-15-11(8)18)16(3)13(20)17(4)12(9)19/h6H,5H2,1-4H3. The first-order valence-corrected chi connectivity index (χ1v) is 6.39. The molecule has 0 saturated carbocycles. The van der Waals surface area contributed by atoms with Gasteiger partial charge in [-0.2, -0.15) is 0 Å². The summed E-state index contributed by atoms with van der Waals surface area (Å²) in [5, 5.41) is 9.47. The molecule has 20 heavy (non-hydrogen) atoms. The van der Waals surface area contributed by atoms with Crippen LogP contribution in [-0.4, -0.2) is 23.9 Å². The van der Waals surface area contributed by atoms with E-state index in [2.05, 4.69) is 10.2 Å². The predicted octanol–water partition coefficient (Wildman–Crippen LogP) is 0.310. The van der Waals surface area contributed by atoms with Gasteiger partial charge in [0.1, 0.15) is 0 Å². The first kappa shape index (κ1) is 12.6. The van der Waals surface area contributed by atoms with Gasteiger partial charge in [0.15, 0.2) is 11.3 Å². The fourth-order valence-electron chi connectivity index (χ4n) is 2.60. The molecule has 0 spiro atoms. The van der Waals surface area contributed by atoms with E-state index in [-0.39, 0.29) is 5.56 Å². The number of hydrogen-bond donors (Lipinski definition) is 0. The molecule has 0 bridgehead atoms. The van der Waals surface area contributed by atoms with Gasteiger partial charge < -0.3 is 4.57 Å². The molecule has 0 N–H and O–H groups in total. The fourth-order valence-corrected chi connectivity index (χ4v) is 2.60. The molecule has 7 heteroatoms. The maximum Gasteiger partial charge on any atom is 0.332 e. The highest BCUT2D eigenvalue weighted by Gasteiger charge is 2.17. The van der Waals surface area contributed by atoms with Crippen molar-refractivity contribution in [2.75, 3.05) is 0 Å². The van der Waals surface area contributed by atoms with E-state index in [9.17, 15) is 9.59 Å². The average Bonchev–Trinajstić information content (AvgIpc) is 2.78. The molecular weight excluding hydrogens is 258 g/mol. The van der Waals surface area contributed by atoms with Crippen LogP contribution in [0, 0.1) is 6.92 Å². The summed E-state index contributed by atoms with van der Waals surface area (Å²) in [6.45, 7) is 4.68. The Labute approximate surface area is 114 Å². The van der Waals surface area contributed by atoms with Crippen LogP contribution in [0.5, 0.6) is 0 Å². The van der Waals surface area contributed by atoms with E-state index >= 15 is 0 Å². The summed E-state index contributed by atoms with van der Waals surface area (Å²) in [6.07, 6.45) is 1.95. The SMILES string of the molecule is CCn1cc(C)c2c3c(=O)n(C)c(=O)n(C)c3nnc21. The van der Waals surface area contributed by atoms with Crippen LogP contribution in [-0.2, 0) is 20.6 Å². The van der Waals surface area contributed by atoms with Gasteiger partial charge in [0.05, 0.1) is 5.39 Å². The average molecular weight is 273 g/mol. The van der Waals surface area contributed by atoms with Crippen molar-refractivity contribution >= 4 is 22.1 Å². The number of rotatable bonds is 1. The first-order chi connectivity index (χ1) is 9.47. The van der Waals surface area contributed by atoms with Crippen LogP contribution in [0.15, 0.2) is 15.8 Å². The molecule has 0 radical (unpaired) electrons. The normalized spacial score (nSPS) is 11.6. The monoisotopic (exact) mass is 273 g/mol. The molecule has 3 aromatic heterocycles. The van der Waals surface area contributed by atoms with Crippen molar-refractivity contribution in [3.05, 3.63) is 32.6 Å². The van der Waals surface area contributed by atoms with Crippen molar-refractivity contribution < 1.29 is 0 Å². The summed E-state index contributed by atoms with van der Waals surface area (Å²) in [7, 11) is 3.07. The van der Waals surface area contributed by atoms with Gasteiger partial charge in [-0.1, -0.05) is 0 Å². The zero-order chi connectivity index (χ0) is 14.6. The Bertz CT molecular complexity index is 961. The molecule has 0 amide bonds. The Hall–Kier alpha value is -2.44. The molecule has 3 heterocycles. The molecule has 0 fully saturated rings. The third kappa shape index (κ3) is 1.40. The lowest BCUT2D eigenvalue weighted by Gasteiger charge is -2.07. The van der Waals surface area contributed by atoms with E-state index in [1.165, 1.54) is 11.6 Å². The summed E-state index contributed by atoms with van der Waals surface area (Å²) in [5.41, 5.74) is 1.22. The fraction of sp³-hybridized carbons (Fsp3) is 0.385. The third-order valence-corrected chi connectivity index (χ3v) is 3.70. The van der Waals surface area contributed by atoms with Gasteiger partial charge in [-0.15, -0.1) is 10.2 Å². The van der Waals surface area contributed by atoms with E-state index in [1.807, 2.05) is 24.6 Å². The maximum absolute atomic E-state index is 12.4. The van der Waals surface area contributed by atoms with E-state index < -0.39 is 5.69 Å². The van der Waals surface area contributed by atoms with Gasteiger partial charge in [-0.05, 0) is 19.4 Å². The van der Waals surface area contributed by atoms with Gasteiger partial charge in [-0.25, -0.2) is 4.79 Å². The molecule has 3 rings (SSSR count). The molecule has 104 valence electrons. The Morgan fingerprint density at radius 1 is 1.05 bits per heavy atom. The largest absolute Gasteiger partial charge is 0.332 e. The number of fused-ring (bicyclic) bond motifs is 3. The van der Waals surface area contributed by atoms with Crippen LogP contribution < -0.4 is 11.2 Å². The van der Waals surface area contributed by atoms with Gasteiger partial charge in [-0.3, -0.25) is 13.9 Å². The van der Waals surface area contributed by atoms with Crippen molar-refractivity contribution in [1.82, 2.24) is 23.9 Å². The number of nitrogens with zero attached hydrogens (tertiary/aromatic N) is 5. The van der Waals surface area contributed by atoms with E-state index in [4.69, 9.17) is 0 Å². The number of aryl methyl sites for hydroxylation is 3. The van der Waals surface area contributed by atoms with Crippen molar-refractivity contribution in [3.63, 3.8) is 0 Å². The lowest BCUT2D eigenvalue weighted by atomic mass is 10.2. The van der Waals surface area contributed by atoms with Crippen molar-refractivity contribution in [1.29, 1.82) is 0 Å². The smallest absolute Gasteiger partial charge is 0.331 e. The molecule has 0 aliphatic carbocycles. The molecule has 0 unspecified atom stereocenters. The van der Waals surface area contributed by atoms with Crippen LogP contribution >= 0.6 is 0 Å². The van der Waals surface area contributed by atoms with Crippen LogP contribution in [0.4, 0.5) is 0 Å². The molecule has 0 aliphatic heterocycles. The lowest BCUT2D eigenvalue weighted by molar-refractivity contribution is 0.703. The lowest BCUT2D eigenvalue weighted by Crippen LogP contribution is -2.37. The molecule has 0 aromatic carbocycles. The van der Waals surface area contributed by atoms with Crippen LogP contribution in [0.3, 0.4) is 0 Å². The minimum Gasteiger partial charge on any atom is -0.331 e. The van der Waals surface area contributed by atoms with Crippen molar-refractivity contribution in [2.24, 2.45) is 14.1 Å². The summed E-state index contributed by atoms with van der Waals surface area (Å²) < 4.78 is 4.40. The molecule has 0 aliphatic rings. The molecule has 7 nitrogen and oxygen atoms in total. The van der Waals surface area contributed by atoms with Crippen LogP contribution in [0.2, 0.25) is 0 Å². The highest BCUT2D eigenvalue weighted by molar-refractivity contribution is 6.03. The van der Waals surface area contributed by atoms with Crippen molar-refractivity contribution in [3.8, 4) is 0 Å². The maximum atomic E-state index is 12.4. The summed E-state index contributed by atoms with van der Waals surface area (Å²) >= 11 is 0. The second-order valence-corrected chi connectivity index (χ2v) is 4.90. The van der Waals surface area contributed by atoms with Gasteiger partial charge in [0, 0.05) is 32.2 Å². The number of hydrogen-bond acceptors (Lipinski definition) is 4. The van der Waals surface area contributed by atoms with Gasteiger partial charge >= 0.3 is 5.69 Å². The van der Waals surface area contributed by atoms with Crippen molar-refractivity contribution in [2.45, 2.75) is 20.4 Å². The third-order valence-electron chi connectivity index (χ3n) is 3.70. The summed E-state index contributed by atoms with van der Waals surface area (Å²) in [4.78, 5) is 24.4. The van der Waals surface area contributed by atoms with Crippen LogP contribution in [0.25, 0.3) is 22.1 Å². The summed E-state index contributed by atoms with van der Waals surface area (Å²) in [5.74, 6) is 0. The Kier molecular flexibility index (Phi) is 2.53. The highest BCUT2D eigenvalue weighted by atomic mass is 16.2. The minimum atomic E-state index is -0.399. The highest BCUT2D eigenvalue weighted by Crippen LogP contribution is 2.23. The molecular formula is C13H15N5O2. The Morgan fingerprint density at radius 3 is 2.35 bits per heavy atom. The molecule has 0 atom stereocenters. The predicted molar refractivity (Wildman–Crippen MR) is 75.9 cm³/mol. The molecule has 3 aromatic rings. The van der Waals surface area contributed by atoms with Gasteiger partial charge in [0.2, 0.25) is 0 Å². The zero-order valence-corrected chi connectivity index (χ0v) is 11.8. The van der Waals surface area contributed by atoms with E-state index in [0.29, 0.717) is 16.7 Å². The second kappa shape index (κ2) is 4.03. The summed E-state index contributed by atoms with van der Waals surface area (Å²) in [6, 6.07) is 0. The van der Waals surface area contributed by atoms with Gasteiger partial charge in [0.25, 0.3) is 5.56 Å².